The van der Waals surface area contributed by atoms with E-state index >= 15 is 0 Å². The molecule has 0 aliphatic heterocycles. The van der Waals surface area contributed by atoms with Crippen molar-refractivity contribution in [1.82, 2.24) is 4.90 Å². The van der Waals surface area contributed by atoms with Crippen molar-refractivity contribution < 1.29 is 19.1 Å². The van der Waals surface area contributed by atoms with Gasteiger partial charge in [0.1, 0.15) is 0 Å². The van der Waals surface area contributed by atoms with Gasteiger partial charge in [-0.1, -0.05) is 143 Å². The molecule has 1 unspecified atom stereocenters. The number of nitrogens with zero attached hydrogens (tertiary/aromatic N) is 1. The van der Waals surface area contributed by atoms with Crippen LogP contribution in [0.15, 0.2) is 97.2 Å². The zero-order valence-corrected chi connectivity index (χ0v) is 35.3. The normalized spacial score (nSPS) is 13.3. The zero-order chi connectivity index (χ0) is 39.4. The van der Waals surface area contributed by atoms with Crippen LogP contribution in [0.5, 0.6) is 0 Å². The molecule has 0 radical (unpaired) electrons. The maximum Gasteiger partial charge on any atom is 0.305 e. The quantitative estimate of drug-likeness (QED) is 0.0360. The third-order valence-electron chi connectivity index (χ3n) is 8.85. The summed E-state index contributed by atoms with van der Waals surface area (Å²) in [5.41, 5.74) is 0. The standard InChI is InChI=1S/C49H81NO4/c1-5-7-9-11-13-15-17-19-21-23-25-26-28-30-32-34-36-38-41-47(46-54-49(52)43-40-44-50(3)4)45-53-48(51)42-39-37-35-33-31-29-27-24-22-20-18-16-14-12-10-8-6-2/h13-16,19-22,25-27,29-30,32-33,35,47H,5-12,17-18,23-24,28,31,34,36-46H2,1-4H3/b15-13-,16-14-,21-19-,22-20-,26-25-,29-27-,32-30-,35-33-. The molecule has 0 heterocycles. The Morgan fingerprint density at radius 1 is 0.444 bits per heavy atom. The second kappa shape index (κ2) is 42.6. The lowest BCUT2D eigenvalue weighted by molar-refractivity contribution is -0.149. The van der Waals surface area contributed by atoms with Crippen molar-refractivity contribution in [2.75, 3.05) is 33.9 Å². The largest absolute Gasteiger partial charge is 0.465 e. The van der Waals surface area contributed by atoms with Crippen molar-refractivity contribution in [2.24, 2.45) is 5.92 Å². The molecule has 0 N–H and O–H groups in total. The molecule has 0 aromatic rings. The summed E-state index contributed by atoms with van der Waals surface area (Å²) in [6.07, 6.45) is 58.9. The first kappa shape index (κ1) is 50.8. The van der Waals surface area contributed by atoms with Crippen LogP contribution in [0.25, 0.3) is 0 Å². The third kappa shape index (κ3) is 41.6. The summed E-state index contributed by atoms with van der Waals surface area (Å²) in [6.45, 7) is 5.95. The molecule has 0 aliphatic carbocycles. The molecule has 0 bridgehead atoms. The van der Waals surface area contributed by atoms with Crippen molar-refractivity contribution >= 4 is 11.9 Å². The van der Waals surface area contributed by atoms with Gasteiger partial charge in [-0.15, -0.1) is 0 Å². The maximum atomic E-state index is 12.5. The second-order valence-corrected chi connectivity index (χ2v) is 14.5. The lowest BCUT2D eigenvalue weighted by Crippen LogP contribution is -2.21. The van der Waals surface area contributed by atoms with Crippen molar-refractivity contribution in [2.45, 2.75) is 162 Å². The molecule has 0 rings (SSSR count). The van der Waals surface area contributed by atoms with Crippen LogP contribution >= 0.6 is 0 Å². The Bertz CT molecular complexity index is 1090. The summed E-state index contributed by atoms with van der Waals surface area (Å²) >= 11 is 0. The van der Waals surface area contributed by atoms with Crippen LogP contribution in [0, 0.1) is 5.92 Å². The summed E-state index contributed by atoms with van der Waals surface area (Å²) in [7, 11) is 4.00. The Balaban J connectivity index is 4.31. The minimum atomic E-state index is -0.173. The third-order valence-corrected chi connectivity index (χ3v) is 8.85. The van der Waals surface area contributed by atoms with Gasteiger partial charge in [-0.3, -0.25) is 9.59 Å². The van der Waals surface area contributed by atoms with E-state index in [-0.39, 0.29) is 17.9 Å². The summed E-state index contributed by atoms with van der Waals surface area (Å²) in [5, 5.41) is 0. The molecule has 5 nitrogen and oxygen atoms in total. The Morgan fingerprint density at radius 3 is 1.15 bits per heavy atom. The molecule has 0 saturated carbocycles. The first-order chi connectivity index (χ1) is 26.5. The molecule has 1 atom stereocenters. The molecule has 0 fully saturated rings. The number of unbranched alkanes of at least 4 members (excludes halogenated alkanes) is 9. The van der Waals surface area contributed by atoms with E-state index in [1.807, 2.05) is 14.1 Å². The van der Waals surface area contributed by atoms with E-state index in [1.165, 1.54) is 51.4 Å². The molecule has 0 aromatic heterocycles. The fourth-order valence-corrected chi connectivity index (χ4v) is 5.50. The smallest absolute Gasteiger partial charge is 0.305 e. The van der Waals surface area contributed by atoms with E-state index in [4.69, 9.17) is 9.47 Å². The number of allylic oxidation sites excluding steroid dienone is 16. The summed E-state index contributed by atoms with van der Waals surface area (Å²) in [4.78, 5) is 26.9. The van der Waals surface area contributed by atoms with Gasteiger partial charge in [-0.25, -0.2) is 0 Å². The van der Waals surface area contributed by atoms with Crippen molar-refractivity contribution in [3.63, 3.8) is 0 Å². The first-order valence-electron chi connectivity index (χ1n) is 21.6. The van der Waals surface area contributed by atoms with Crippen LogP contribution in [-0.2, 0) is 19.1 Å². The van der Waals surface area contributed by atoms with Gasteiger partial charge in [-0.2, -0.15) is 0 Å². The minimum absolute atomic E-state index is 0.0248. The van der Waals surface area contributed by atoms with Crippen LogP contribution in [0.3, 0.4) is 0 Å². The second-order valence-electron chi connectivity index (χ2n) is 14.5. The number of ether oxygens (including phenoxy) is 2. The van der Waals surface area contributed by atoms with Gasteiger partial charge in [-0.05, 0) is 123 Å². The van der Waals surface area contributed by atoms with Gasteiger partial charge >= 0.3 is 11.9 Å². The van der Waals surface area contributed by atoms with Gasteiger partial charge in [0.25, 0.3) is 0 Å². The van der Waals surface area contributed by atoms with Crippen LogP contribution < -0.4 is 0 Å². The maximum absolute atomic E-state index is 12.5. The van der Waals surface area contributed by atoms with Crippen LogP contribution in [0.1, 0.15) is 162 Å². The van der Waals surface area contributed by atoms with Gasteiger partial charge in [0, 0.05) is 18.8 Å². The molecular weight excluding hydrogens is 667 g/mol. The monoisotopic (exact) mass is 748 g/mol. The number of carbonyl (C=O) groups is 2. The molecule has 54 heavy (non-hydrogen) atoms. The lowest BCUT2D eigenvalue weighted by Gasteiger charge is -2.17. The summed E-state index contributed by atoms with van der Waals surface area (Å²) in [5.74, 6) is -0.320. The Hall–Kier alpha value is -3.18. The van der Waals surface area contributed by atoms with Crippen molar-refractivity contribution in [3.05, 3.63) is 97.2 Å². The van der Waals surface area contributed by atoms with E-state index < -0.39 is 0 Å². The zero-order valence-electron chi connectivity index (χ0n) is 35.3. The van der Waals surface area contributed by atoms with Gasteiger partial charge < -0.3 is 14.4 Å². The predicted octanol–water partition coefficient (Wildman–Crippen LogP) is 13.7. The number of rotatable bonds is 37. The van der Waals surface area contributed by atoms with Crippen LogP contribution in [0.4, 0.5) is 0 Å². The van der Waals surface area contributed by atoms with E-state index in [2.05, 4.69) is 116 Å². The molecule has 306 valence electrons. The van der Waals surface area contributed by atoms with Crippen LogP contribution in [-0.4, -0.2) is 50.7 Å². The SMILES string of the molecule is CCCCC/C=C\C/C=C\C/C=C\C/C=C\CCCCC(COC(=O)CCC/C=C\C/C=C\C/C=C\C/C=C\CCCCC)COC(=O)CCCN(C)C. The van der Waals surface area contributed by atoms with E-state index in [1.54, 1.807) is 0 Å². The summed E-state index contributed by atoms with van der Waals surface area (Å²) in [6, 6.07) is 0. The molecule has 0 aliphatic rings. The fraction of sp³-hybridized carbons (Fsp3) is 0.633. The molecule has 0 spiro atoms. The highest BCUT2D eigenvalue weighted by Crippen LogP contribution is 2.14. The topological polar surface area (TPSA) is 55.8 Å². The average molecular weight is 748 g/mol. The Kier molecular flexibility index (Phi) is 40.1. The Labute approximate surface area is 333 Å². The molecule has 0 saturated heterocycles. The predicted molar refractivity (Wildman–Crippen MR) is 235 cm³/mol. The van der Waals surface area contributed by atoms with E-state index in [0.29, 0.717) is 26.1 Å². The van der Waals surface area contributed by atoms with E-state index in [0.717, 1.165) is 90.0 Å². The van der Waals surface area contributed by atoms with Crippen molar-refractivity contribution in [1.29, 1.82) is 0 Å². The molecular formula is C49H81NO4. The van der Waals surface area contributed by atoms with Gasteiger partial charge in [0.15, 0.2) is 0 Å². The van der Waals surface area contributed by atoms with E-state index in [9.17, 15) is 9.59 Å². The minimum Gasteiger partial charge on any atom is -0.465 e. The van der Waals surface area contributed by atoms with Crippen molar-refractivity contribution in [3.8, 4) is 0 Å². The Morgan fingerprint density at radius 2 is 0.778 bits per heavy atom. The number of esters is 2. The fourth-order valence-electron chi connectivity index (χ4n) is 5.50. The molecule has 0 aromatic carbocycles. The highest BCUT2D eigenvalue weighted by molar-refractivity contribution is 5.69. The molecule has 5 heteroatoms. The lowest BCUT2D eigenvalue weighted by atomic mass is 10.0. The highest BCUT2D eigenvalue weighted by atomic mass is 16.5. The van der Waals surface area contributed by atoms with Gasteiger partial charge in [0.2, 0.25) is 0 Å². The van der Waals surface area contributed by atoms with Crippen LogP contribution in [0.2, 0.25) is 0 Å². The number of hydrogen-bond donors (Lipinski definition) is 0. The summed E-state index contributed by atoms with van der Waals surface area (Å²) < 4.78 is 11.3. The highest BCUT2D eigenvalue weighted by Gasteiger charge is 2.15. The van der Waals surface area contributed by atoms with Gasteiger partial charge in [0.05, 0.1) is 13.2 Å². The first-order valence-corrected chi connectivity index (χ1v) is 21.6. The number of carbonyl (C=O) groups excluding carboxylic acids is 2. The average Bonchev–Trinajstić information content (AvgIpc) is 3.16. The molecule has 0 amide bonds. The number of hydrogen-bond acceptors (Lipinski definition) is 5.